The SMILES string of the molecule is CC(=O)Cc1nsc(N)n1.Cc1cc(N)ccc1N.Cc1cc(N)ccc1N.Nc1ccc(N2CCCC2)s1. The first-order chi connectivity index (χ1) is 18.4. The zero-order valence-electron chi connectivity index (χ0n) is 22.7. The second-order valence-corrected chi connectivity index (χ2v) is 10.9. The molecule has 10 nitrogen and oxygen atoms in total. The lowest BCUT2D eigenvalue weighted by atomic mass is 10.2. The van der Waals surface area contributed by atoms with Gasteiger partial charge in [0.25, 0.3) is 0 Å². The van der Waals surface area contributed by atoms with Gasteiger partial charge >= 0.3 is 0 Å². The largest absolute Gasteiger partial charge is 0.399 e. The van der Waals surface area contributed by atoms with Crippen LogP contribution >= 0.6 is 22.9 Å². The first-order valence-electron chi connectivity index (χ1n) is 12.4. The summed E-state index contributed by atoms with van der Waals surface area (Å²) in [6.45, 7) is 7.79. The average molecular weight is 570 g/mol. The van der Waals surface area contributed by atoms with Gasteiger partial charge < -0.3 is 39.3 Å². The number of carbonyl (C=O) groups is 1. The molecule has 0 saturated carbocycles. The predicted octanol–water partition coefficient (Wildman–Crippen LogP) is 4.50. The molecule has 2 aromatic carbocycles. The van der Waals surface area contributed by atoms with E-state index in [2.05, 4.69) is 20.3 Å². The van der Waals surface area contributed by atoms with E-state index in [1.54, 1.807) is 23.5 Å². The monoisotopic (exact) mass is 569 g/mol. The Morgan fingerprint density at radius 3 is 1.74 bits per heavy atom. The van der Waals surface area contributed by atoms with Crippen LogP contribution in [0.4, 0.5) is 37.9 Å². The summed E-state index contributed by atoms with van der Waals surface area (Å²) < 4.78 is 3.84. The molecule has 5 rings (SSSR count). The molecule has 210 valence electrons. The number of aryl methyl sites for hydroxylation is 2. The number of nitrogens with zero attached hydrogens (tertiary/aromatic N) is 3. The lowest BCUT2D eigenvalue weighted by Gasteiger charge is -2.13. The number of thiophene rings is 1. The van der Waals surface area contributed by atoms with Gasteiger partial charge in [-0.15, -0.1) is 11.3 Å². The zero-order valence-corrected chi connectivity index (χ0v) is 24.3. The summed E-state index contributed by atoms with van der Waals surface area (Å²) in [7, 11) is 0. The predicted molar refractivity (Wildman–Crippen MR) is 169 cm³/mol. The van der Waals surface area contributed by atoms with E-state index in [0.717, 1.165) is 50.4 Å². The van der Waals surface area contributed by atoms with Gasteiger partial charge in [-0.2, -0.15) is 4.37 Å². The highest BCUT2D eigenvalue weighted by Gasteiger charge is 2.13. The van der Waals surface area contributed by atoms with Crippen molar-refractivity contribution in [2.24, 2.45) is 0 Å². The van der Waals surface area contributed by atoms with Crippen LogP contribution in [0, 0.1) is 13.8 Å². The van der Waals surface area contributed by atoms with Crippen molar-refractivity contribution in [2.75, 3.05) is 52.4 Å². The summed E-state index contributed by atoms with van der Waals surface area (Å²) in [6, 6.07) is 15.0. The minimum atomic E-state index is 0.0535. The van der Waals surface area contributed by atoms with Crippen molar-refractivity contribution < 1.29 is 4.79 Å². The second-order valence-electron chi connectivity index (χ2n) is 9.03. The number of aromatic nitrogens is 2. The highest BCUT2D eigenvalue weighted by Crippen LogP contribution is 2.29. The number of nitrogen functional groups attached to an aromatic ring is 6. The molecule has 0 spiro atoms. The maximum Gasteiger partial charge on any atom is 0.199 e. The highest BCUT2D eigenvalue weighted by atomic mass is 32.1. The Bertz CT molecular complexity index is 1280. The summed E-state index contributed by atoms with van der Waals surface area (Å²) in [5, 5.41) is 2.67. The van der Waals surface area contributed by atoms with Crippen LogP contribution in [-0.2, 0) is 11.2 Å². The summed E-state index contributed by atoms with van der Waals surface area (Å²) in [5.41, 5.74) is 38.1. The molecule has 0 unspecified atom stereocenters. The molecule has 0 atom stereocenters. The minimum absolute atomic E-state index is 0.0535. The van der Waals surface area contributed by atoms with Crippen molar-refractivity contribution >= 4 is 66.5 Å². The van der Waals surface area contributed by atoms with E-state index >= 15 is 0 Å². The van der Waals surface area contributed by atoms with Crippen molar-refractivity contribution in [1.82, 2.24) is 9.36 Å². The number of Topliss-reactive ketones (excluding diaryl/α,β-unsaturated/α-hetero) is 1. The van der Waals surface area contributed by atoms with Crippen LogP contribution in [0.3, 0.4) is 0 Å². The molecular formula is C27H39N9OS2. The Morgan fingerprint density at radius 1 is 0.846 bits per heavy atom. The van der Waals surface area contributed by atoms with Crippen LogP contribution in [0.25, 0.3) is 0 Å². The Hall–Kier alpha value is -4.03. The van der Waals surface area contributed by atoms with E-state index in [1.165, 1.54) is 37.9 Å². The molecule has 1 saturated heterocycles. The molecule has 1 aliphatic rings. The second kappa shape index (κ2) is 15.4. The lowest BCUT2D eigenvalue weighted by Crippen LogP contribution is -2.15. The Balaban J connectivity index is 0.000000183. The minimum Gasteiger partial charge on any atom is -0.399 e. The molecule has 39 heavy (non-hydrogen) atoms. The van der Waals surface area contributed by atoms with E-state index in [1.807, 2.05) is 44.2 Å². The topological polar surface area (TPSA) is 202 Å². The van der Waals surface area contributed by atoms with Crippen LogP contribution in [-0.4, -0.2) is 28.2 Å². The van der Waals surface area contributed by atoms with Gasteiger partial charge in [0, 0.05) is 47.4 Å². The van der Waals surface area contributed by atoms with E-state index in [0.29, 0.717) is 11.0 Å². The molecule has 12 N–H and O–H groups in total. The van der Waals surface area contributed by atoms with Crippen LogP contribution < -0.4 is 39.3 Å². The first kappa shape index (κ1) is 31.2. The van der Waals surface area contributed by atoms with Crippen LogP contribution in [0.15, 0.2) is 48.5 Å². The van der Waals surface area contributed by atoms with Gasteiger partial charge in [-0.05, 0) is 93.3 Å². The van der Waals surface area contributed by atoms with Crippen molar-refractivity contribution in [2.45, 2.75) is 40.0 Å². The number of hydrogen-bond acceptors (Lipinski definition) is 12. The van der Waals surface area contributed by atoms with Gasteiger partial charge in [-0.1, -0.05) is 0 Å². The molecule has 1 aliphatic heterocycles. The molecule has 12 heteroatoms. The molecule has 4 aromatic rings. The fourth-order valence-corrected chi connectivity index (χ4v) is 4.69. The molecule has 2 aromatic heterocycles. The molecule has 0 bridgehead atoms. The number of carbonyl (C=O) groups excluding carboxylic acids is 1. The zero-order chi connectivity index (χ0) is 28.9. The number of nitrogens with two attached hydrogens (primary N) is 6. The van der Waals surface area contributed by atoms with Crippen molar-refractivity contribution in [3.05, 3.63) is 65.5 Å². The van der Waals surface area contributed by atoms with E-state index in [9.17, 15) is 4.79 Å². The quantitative estimate of drug-likeness (QED) is 0.191. The van der Waals surface area contributed by atoms with Crippen molar-refractivity contribution in [3.8, 4) is 0 Å². The fourth-order valence-electron chi connectivity index (χ4n) is 3.41. The summed E-state index contributed by atoms with van der Waals surface area (Å²) in [6.07, 6.45) is 2.95. The van der Waals surface area contributed by atoms with E-state index in [-0.39, 0.29) is 12.2 Å². The van der Waals surface area contributed by atoms with Crippen LogP contribution in [0.1, 0.15) is 36.7 Å². The van der Waals surface area contributed by atoms with Gasteiger partial charge in [0.15, 0.2) is 11.0 Å². The highest BCUT2D eigenvalue weighted by molar-refractivity contribution is 7.19. The van der Waals surface area contributed by atoms with Crippen LogP contribution in [0.2, 0.25) is 0 Å². The third-order valence-corrected chi connectivity index (χ3v) is 7.06. The average Bonchev–Trinajstić information content (AvgIpc) is 3.63. The Labute approximate surface area is 238 Å². The van der Waals surface area contributed by atoms with Crippen molar-refractivity contribution in [1.29, 1.82) is 0 Å². The summed E-state index contributed by atoms with van der Waals surface area (Å²) in [5.74, 6) is 0.577. The van der Waals surface area contributed by atoms with Gasteiger partial charge in [0.05, 0.1) is 16.4 Å². The molecule has 0 radical (unpaired) electrons. The maximum absolute atomic E-state index is 10.5. The maximum atomic E-state index is 10.5. The lowest BCUT2D eigenvalue weighted by molar-refractivity contribution is -0.116. The Kier molecular flexibility index (Phi) is 12.3. The number of hydrogen-bond donors (Lipinski definition) is 6. The van der Waals surface area contributed by atoms with E-state index < -0.39 is 0 Å². The van der Waals surface area contributed by atoms with Gasteiger partial charge in [0.2, 0.25) is 0 Å². The van der Waals surface area contributed by atoms with Crippen molar-refractivity contribution in [3.63, 3.8) is 0 Å². The third-order valence-electron chi connectivity index (χ3n) is 5.51. The fraction of sp³-hybridized carbons (Fsp3) is 0.296. The summed E-state index contributed by atoms with van der Waals surface area (Å²) in [4.78, 5) is 16.7. The molecule has 0 amide bonds. The normalized spacial score (nSPS) is 11.8. The molecule has 3 heterocycles. The Morgan fingerprint density at radius 2 is 1.38 bits per heavy atom. The number of benzene rings is 2. The van der Waals surface area contributed by atoms with Gasteiger partial charge in [-0.3, -0.25) is 4.79 Å². The molecular weight excluding hydrogens is 530 g/mol. The number of rotatable bonds is 3. The third kappa shape index (κ3) is 11.5. The van der Waals surface area contributed by atoms with Gasteiger partial charge in [-0.25, -0.2) is 4.98 Å². The van der Waals surface area contributed by atoms with E-state index in [4.69, 9.17) is 34.4 Å². The molecule has 1 fully saturated rings. The molecule has 0 aliphatic carbocycles. The number of ketones is 1. The van der Waals surface area contributed by atoms with Gasteiger partial charge in [0.1, 0.15) is 5.78 Å². The smallest absolute Gasteiger partial charge is 0.199 e. The standard InChI is InChI=1S/C8H12N2S.2C7H10N2.C5H7N3OS/c9-7-3-4-8(11-7)10-5-1-2-6-10;2*1-5-4-6(8)2-3-7(5)9;1-3(9)2-4-7-5(6)10-8-4/h3-4H,1-2,5-6,9H2;2*2-4H,8-9H2,1H3;2H2,1H3,(H2,6,7,8). The first-order valence-corrected chi connectivity index (χ1v) is 13.9. The number of anilines is 7. The van der Waals surface area contributed by atoms with Crippen LogP contribution in [0.5, 0.6) is 0 Å². The summed E-state index contributed by atoms with van der Waals surface area (Å²) >= 11 is 2.80.